The van der Waals surface area contributed by atoms with E-state index < -0.39 is 0 Å². The van der Waals surface area contributed by atoms with Crippen molar-refractivity contribution in [2.24, 2.45) is 7.05 Å². The number of ether oxygens (including phenoxy) is 1. The second kappa shape index (κ2) is 8.16. The monoisotopic (exact) mass is 354 g/mol. The first-order valence-electron chi connectivity index (χ1n) is 8.28. The Hall–Kier alpha value is -2.34. The number of hydrogen-bond donors (Lipinski definition) is 0. The molecule has 0 spiro atoms. The third kappa shape index (κ3) is 4.39. The van der Waals surface area contributed by atoms with E-state index in [4.69, 9.17) is 4.74 Å². The lowest BCUT2D eigenvalue weighted by Gasteiger charge is -2.08. The van der Waals surface area contributed by atoms with E-state index in [1.54, 1.807) is 24.2 Å². The lowest BCUT2D eigenvalue weighted by atomic mass is 10.1. The van der Waals surface area contributed by atoms with Crippen LogP contribution in [0.5, 0.6) is 5.75 Å². The van der Waals surface area contributed by atoms with Gasteiger partial charge in [0, 0.05) is 30.8 Å². The van der Waals surface area contributed by atoms with Crippen LogP contribution in [-0.4, -0.2) is 32.1 Å². The van der Waals surface area contributed by atoms with Crippen LogP contribution in [0.15, 0.2) is 47.9 Å². The van der Waals surface area contributed by atoms with Gasteiger partial charge in [-0.05, 0) is 55.7 Å². The predicted molar refractivity (Wildman–Crippen MR) is 101 cm³/mol. The summed E-state index contributed by atoms with van der Waals surface area (Å²) in [5.41, 5.74) is 3.52. The van der Waals surface area contributed by atoms with E-state index in [0.29, 0.717) is 6.61 Å². The van der Waals surface area contributed by atoms with Crippen LogP contribution >= 0.6 is 11.8 Å². The molecule has 3 rings (SSSR count). The van der Waals surface area contributed by atoms with Crippen molar-refractivity contribution >= 4 is 11.8 Å². The number of hydrogen-bond acceptors (Lipinski definition) is 5. The number of pyridine rings is 1. The van der Waals surface area contributed by atoms with Gasteiger partial charge in [0.2, 0.25) is 0 Å². The number of thioether (sulfide) groups is 1. The summed E-state index contributed by atoms with van der Waals surface area (Å²) >= 11 is 1.69. The van der Waals surface area contributed by atoms with Crippen LogP contribution in [0.2, 0.25) is 0 Å². The summed E-state index contributed by atoms with van der Waals surface area (Å²) < 4.78 is 7.83. The van der Waals surface area contributed by atoms with Crippen molar-refractivity contribution in [1.82, 2.24) is 19.7 Å². The molecule has 0 unspecified atom stereocenters. The minimum Gasteiger partial charge on any atom is -0.494 e. The first-order valence-corrected chi connectivity index (χ1v) is 9.26. The molecule has 0 saturated carbocycles. The van der Waals surface area contributed by atoms with Gasteiger partial charge in [0.05, 0.1) is 6.61 Å². The maximum Gasteiger partial charge on any atom is 0.191 e. The van der Waals surface area contributed by atoms with E-state index in [-0.39, 0.29) is 0 Å². The van der Waals surface area contributed by atoms with E-state index in [0.717, 1.165) is 34.5 Å². The van der Waals surface area contributed by atoms with Crippen LogP contribution in [0.1, 0.15) is 17.5 Å². The van der Waals surface area contributed by atoms with Crippen molar-refractivity contribution in [2.75, 3.05) is 12.4 Å². The number of benzene rings is 1. The molecule has 6 heteroatoms. The molecule has 2 heterocycles. The topological polar surface area (TPSA) is 52.8 Å². The summed E-state index contributed by atoms with van der Waals surface area (Å²) in [6, 6.07) is 10.1. The van der Waals surface area contributed by atoms with Crippen LogP contribution in [0, 0.1) is 13.8 Å². The SMILES string of the molecule is Cc1ccc(OCCCSc2nnc(-c3cccnc3)n2C)cc1C. The molecule has 5 nitrogen and oxygen atoms in total. The van der Waals surface area contributed by atoms with Crippen molar-refractivity contribution in [3.63, 3.8) is 0 Å². The van der Waals surface area contributed by atoms with Crippen LogP contribution in [-0.2, 0) is 7.05 Å². The van der Waals surface area contributed by atoms with Gasteiger partial charge in [-0.15, -0.1) is 10.2 Å². The smallest absolute Gasteiger partial charge is 0.191 e. The van der Waals surface area contributed by atoms with Crippen molar-refractivity contribution in [3.8, 4) is 17.1 Å². The fourth-order valence-corrected chi connectivity index (χ4v) is 3.23. The van der Waals surface area contributed by atoms with E-state index >= 15 is 0 Å². The number of aromatic nitrogens is 4. The Kier molecular flexibility index (Phi) is 5.71. The lowest BCUT2D eigenvalue weighted by Crippen LogP contribution is -2.00. The zero-order valence-electron chi connectivity index (χ0n) is 14.8. The molecule has 1 aromatic carbocycles. The Balaban J connectivity index is 1.48. The predicted octanol–water partition coefficient (Wildman–Crippen LogP) is 4.06. The Bertz CT molecular complexity index is 833. The molecule has 0 fully saturated rings. The summed E-state index contributed by atoms with van der Waals surface area (Å²) in [6.07, 6.45) is 4.51. The van der Waals surface area contributed by atoms with Gasteiger partial charge in [-0.1, -0.05) is 17.8 Å². The molecule has 3 aromatic rings. The van der Waals surface area contributed by atoms with E-state index in [2.05, 4.69) is 41.2 Å². The number of nitrogens with zero attached hydrogens (tertiary/aromatic N) is 4. The van der Waals surface area contributed by atoms with Crippen LogP contribution < -0.4 is 4.74 Å². The molecule has 0 aliphatic rings. The molecule has 0 atom stereocenters. The standard InChI is InChI=1S/C19H22N4OS/c1-14-7-8-17(12-15(14)2)24-10-5-11-25-19-22-21-18(23(19)3)16-6-4-9-20-13-16/h4,6-9,12-13H,5,10-11H2,1-3H3. The van der Waals surface area contributed by atoms with Gasteiger partial charge in [0.1, 0.15) is 5.75 Å². The van der Waals surface area contributed by atoms with Crippen molar-refractivity contribution in [2.45, 2.75) is 25.4 Å². The van der Waals surface area contributed by atoms with Gasteiger partial charge < -0.3 is 9.30 Å². The molecule has 0 radical (unpaired) electrons. The lowest BCUT2D eigenvalue weighted by molar-refractivity contribution is 0.318. The molecular weight excluding hydrogens is 332 g/mol. The molecule has 25 heavy (non-hydrogen) atoms. The van der Waals surface area contributed by atoms with Crippen LogP contribution in [0.25, 0.3) is 11.4 Å². The zero-order valence-corrected chi connectivity index (χ0v) is 15.6. The summed E-state index contributed by atoms with van der Waals surface area (Å²) in [6.45, 7) is 4.91. The van der Waals surface area contributed by atoms with Crippen molar-refractivity contribution in [1.29, 1.82) is 0 Å². The highest BCUT2D eigenvalue weighted by molar-refractivity contribution is 7.99. The van der Waals surface area contributed by atoms with Gasteiger partial charge in [-0.25, -0.2) is 0 Å². The Morgan fingerprint density at radius 1 is 1.12 bits per heavy atom. The first kappa shape index (κ1) is 17.5. The molecule has 0 amide bonds. The average Bonchev–Trinajstić information content (AvgIpc) is 2.99. The summed E-state index contributed by atoms with van der Waals surface area (Å²) in [4.78, 5) is 4.13. The minimum atomic E-state index is 0.697. The molecule has 0 N–H and O–H groups in total. The Morgan fingerprint density at radius 2 is 2.00 bits per heavy atom. The molecular formula is C19H22N4OS. The molecule has 130 valence electrons. The zero-order chi connectivity index (χ0) is 17.6. The molecule has 0 aliphatic heterocycles. The Labute approximate surface area is 152 Å². The quantitative estimate of drug-likeness (QED) is 0.473. The van der Waals surface area contributed by atoms with E-state index in [1.165, 1.54) is 11.1 Å². The van der Waals surface area contributed by atoms with E-state index in [9.17, 15) is 0 Å². The third-order valence-electron chi connectivity index (χ3n) is 4.02. The van der Waals surface area contributed by atoms with Crippen LogP contribution in [0.3, 0.4) is 0 Å². The summed E-state index contributed by atoms with van der Waals surface area (Å²) in [5, 5.41) is 9.46. The Morgan fingerprint density at radius 3 is 2.76 bits per heavy atom. The highest BCUT2D eigenvalue weighted by Crippen LogP contribution is 2.22. The second-order valence-corrected chi connectivity index (χ2v) is 6.97. The number of aryl methyl sites for hydroxylation is 2. The highest BCUT2D eigenvalue weighted by atomic mass is 32.2. The molecule has 0 saturated heterocycles. The van der Waals surface area contributed by atoms with Crippen LogP contribution in [0.4, 0.5) is 0 Å². The van der Waals surface area contributed by atoms with Gasteiger partial charge in [-0.3, -0.25) is 4.98 Å². The average molecular weight is 354 g/mol. The van der Waals surface area contributed by atoms with Crippen molar-refractivity contribution < 1.29 is 4.74 Å². The van der Waals surface area contributed by atoms with Gasteiger partial charge in [-0.2, -0.15) is 0 Å². The molecule has 0 bridgehead atoms. The summed E-state index contributed by atoms with van der Waals surface area (Å²) in [7, 11) is 1.98. The van der Waals surface area contributed by atoms with E-state index in [1.807, 2.05) is 29.8 Å². The molecule has 0 aliphatic carbocycles. The third-order valence-corrected chi connectivity index (χ3v) is 5.13. The highest BCUT2D eigenvalue weighted by Gasteiger charge is 2.10. The van der Waals surface area contributed by atoms with Gasteiger partial charge in [0.15, 0.2) is 11.0 Å². The second-order valence-electron chi connectivity index (χ2n) is 5.90. The van der Waals surface area contributed by atoms with Gasteiger partial charge >= 0.3 is 0 Å². The normalized spacial score (nSPS) is 10.8. The fraction of sp³-hybridized carbons (Fsp3) is 0.316. The largest absolute Gasteiger partial charge is 0.494 e. The van der Waals surface area contributed by atoms with Gasteiger partial charge in [0.25, 0.3) is 0 Å². The minimum absolute atomic E-state index is 0.697. The summed E-state index contributed by atoms with van der Waals surface area (Å²) in [5.74, 6) is 2.71. The first-order chi connectivity index (χ1) is 12.1. The fourth-order valence-electron chi connectivity index (χ4n) is 2.40. The maximum atomic E-state index is 5.82. The molecule has 2 aromatic heterocycles. The number of rotatable bonds is 7. The van der Waals surface area contributed by atoms with Crippen molar-refractivity contribution in [3.05, 3.63) is 53.9 Å². The maximum absolute atomic E-state index is 5.82.